The summed E-state index contributed by atoms with van der Waals surface area (Å²) in [6.07, 6.45) is 2.90. The van der Waals surface area contributed by atoms with Crippen LogP contribution in [0.15, 0.2) is 0 Å². The van der Waals surface area contributed by atoms with Crippen molar-refractivity contribution in [2.75, 3.05) is 6.54 Å². The molecule has 0 fully saturated rings. The molecule has 0 heterocycles. The van der Waals surface area contributed by atoms with E-state index in [1.54, 1.807) is 0 Å². The summed E-state index contributed by atoms with van der Waals surface area (Å²) in [4.78, 5) is 11.6. The van der Waals surface area contributed by atoms with Crippen LogP contribution in [0.5, 0.6) is 0 Å². The zero-order chi connectivity index (χ0) is 14.2. The monoisotopic (exact) mass is 253 g/mol. The quantitative estimate of drug-likeness (QED) is 0.652. The second-order valence-electron chi connectivity index (χ2n) is 5.79. The standard InChI is InChI=1S/C14H27N3O/c1-11(2)17-13(18)12(3)16-9-7-6-8-14(4,5)10-15/h11-12,16H,6-9H2,1-5H3,(H,17,18). The van der Waals surface area contributed by atoms with Crippen molar-refractivity contribution in [1.82, 2.24) is 10.6 Å². The molecule has 0 aliphatic heterocycles. The summed E-state index contributed by atoms with van der Waals surface area (Å²) in [5.74, 6) is 0.0438. The van der Waals surface area contributed by atoms with Crippen LogP contribution in [0.25, 0.3) is 0 Å². The van der Waals surface area contributed by atoms with E-state index < -0.39 is 0 Å². The highest BCUT2D eigenvalue weighted by Crippen LogP contribution is 2.21. The van der Waals surface area contributed by atoms with Gasteiger partial charge in [0.15, 0.2) is 0 Å². The van der Waals surface area contributed by atoms with Crippen LogP contribution in [0.4, 0.5) is 0 Å². The molecule has 0 aliphatic rings. The van der Waals surface area contributed by atoms with E-state index in [2.05, 4.69) is 16.7 Å². The van der Waals surface area contributed by atoms with Gasteiger partial charge >= 0.3 is 0 Å². The van der Waals surface area contributed by atoms with Crippen molar-refractivity contribution in [3.05, 3.63) is 0 Å². The average molecular weight is 253 g/mol. The molecule has 4 heteroatoms. The predicted molar refractivity (Wildman–Crippen MR) is 74.0 cm³/mol. The Kier molecular flexibility index (Phi) is 7.61. The summed E-state index contributed by atoms with van der Waals surface area (Å²) in [5.41, 5.74) is -0.235. The molecule has 1 atom stereocenters. The first kappa shape index (κ1) is 16.9. The first-order chi connectivity index (χ1) is 8.28. The topological polar surface area (TPSA) is 64.9 Å². The third-order valence-electron chi connectivity index (χ3n) is 2.81. The molecular formula is C14H27N3O. The van der Waals surface area contributed by atoms with Crippen LogP contribution in [0.1, 0.15) is 53.9 Å². The fraction of sp³-hybridized carbons (Fsp3) is 0.857. The fourth-order valence-electron chi connectivity index (χ4n) is 1.57. The Balaban J connectivity index is 3.67. The molecular weight excluding hydrogens is 226 g/mol. The second kappa shape index (κ2) is 8.10. The molecule has 4 nitrogen and oxygen atoms in total. The van der Waals surface area contributed by atoms with Crippen LogP contribution in [0.2, 0.25) is 0 Å². The Morgan fingerprint density at radius 2 is 1.89 bits per heavy atom. The number of rotatable bonds is 8. The predicted octanol–water partition coefficient (Wildman–Crippen LogP) is 2.21. The van der Waals surface area contributed by atoms with Crippen molar-refractivity contribution in [3.63, 3.8) is 0 Å². The first-order valence-electron chi connectivity index (χ1n) is 6.73. The fourth-order valence-corrected chi connectivity index (χ4v) is 1.57. The highest BCUT2D eigenvalue weighted by molar-refractivity contribution is 5.81. The normalized spacial score (nSPS) is 13.2. The molecule has 0 aromatic heterocycles. The molecule has 0 bridgehead atoms. The minimum absolute atomic E-state index is 0.0438. The Hall–Kier alpha value is -1.08. The van der Waals surface area contributed by atoms with Crippen LogP contribution >= 0.6 is 0 Å². The summed E-state index contributed by atoms with van der Waals surface area (Å²) >= 11 is 0. The number of carbonyl (C=O) groups excluding carboxylic acids is 1. The third-order valence-corrected chi connectivity index (χ3v) is 2.81. The van der Waals surface area contributed by atoms with Crippen LogP contribution in [0, 0.1) is 16.7 Å². The SMILES string of the molecule is CC(C)NC(=O)C(C)NCCCCC(C)(C)C#N. The van der Waals surface area contributed by atoms with Gasteiger partial charge in [-0.05, 0) is 54.0 Å². The van der Waals surface area contributed by atoms with E-state index in [1.165, 1.54) is 0 Å². The summed E-state index contributed by atoms with van der Waals surface area (Å²) in [5, 5.41) is 14.9. The maximum Gasteiger partial charge on any atom is 0.237 e. The molecule has 0 spiro atoms. The number of amides is 1. The number of carbonyl (C=O) groups is 1. The molecule has 1 amide bonds. The molecule has 1 unspecified atom stereocenters. The third kappa shape index (κ3) is 8.08. The lowest BCUT2D eigenvalue weighted by molar-refractivity contribution is -0.123. The molecule has 0 aromatic rings. The van der Waals surface area contributed by atoms with Crippen molar-refractivity contribution in [2.45, 2.75) is 66.0 Å². The van der Waals surface area contributed by atoms with Crippen molar-refractivity contribution < 1.29 is 4.79 Å². The minimum atomic E-state index is -0.235. The number of nitriles is 1. The molecule has 0 saturated carbocycles. The lowest BCUT2D eigenvalue weighted by Gasteiger charge is -2.17. The van der Waals surface area contributed by atoms with Crippen LogP contribution in [0.3, 0.4) is 0 Å². The summed E-state index contributed by atoms with van der Waals surface area (Å²) in [7, 11) is 0. The lowest BCUT2D eigenvalue weighted by atomic mass is 9.89. The van der Waals surface area contributed by atoms with Gasteiger partial charge in [-0.3, -0.25) is 4.79 Å². The molecule has 0 saturated heterocycles. The van der Waals surface area contributed by atoms with Gasteiger partial charge in [0, 0.05) is 6.04 Å². The number of hydrogen-bond donors (Lipinski definition) is 2. The highest BCUT2D eigenvalue weighted by atomic mass is 16.2. The van der Waals surface area contributed by atoms with Gasteiger partial charge in [-0.25, -0.2) is 0 Å². The summed E-state index contributed by atoms with van der Waals surface area (Å²) in [6.45, 7) is 10.5. The van der Waals surface area contributed by atoms with E-state index in [1.807, 2.05) is 34.6 Å². The first-order valence-corrected chi connectivity index (χ1v) is 6.73. The second-order valence-corrected chi connectivity index (χ2v) is 5.79. The molecule has 0 rings (SSSR count). The van der Waals surface area contributed by atoms with Crippen LogP contribution in [-0.2, 0) is 4.79 Å². The van der Waals surface area contributed by atoms with Crippen molar-refractivity contribution in [1.29, 1.82) is 5.26 Å². The Labute approximate surface area is 111 Å². The van der Waals surface area contributed by atoms with Gasteiger partial charge in [0.2, 0.25) is 5.91 Å². The van der Waals surface area contributed by atoms with Gasteiger partial charge in [-0.1, -0.05) is 6.42 Å². The molecule has 0 radical (unpaired) electrons. The van der Waals surface area contributed by atoms with Gasteiger partial charge < -0.3 is 10.6 Å². The summed E-state index contributed by atoms with van der Waals surface area (Å²) in [6, 6.07) is 2.32. The van der Waals surface area contributed by atoms with E-state index in [4.69, 9.17) is 5.26 Å². The van der Waals surface area contributed by atoms with Crippen molar-refractivity contribution in [3.8, 4) is 6.07 Å². The van der Waals surface area contributed by atoms with E-state index in [0.717, 1.165) is 25.8 Å². The number of nitrogens with one attached hydrogen (secondary N) is 2. The van der Waals surface area contributed by atoms with Crippen LogP contribution in [-0.4, -0.2) is 24.5 Å². The Bertz CT molecular complexity index is 292. The number of unbranched alkanes of at least 4 members (excludes halogenated alkanes) is 1. The molecule has 104 valence electrons. The van der Waals surface area contributed by atoms with E-state index >= 15 is 0 Å². The molecule has 2 N–H and O–H groups in total. The largest absolute Gasteiger partial charge is 0.353 e. The van der Waals surface area contributed by atoms with Crippen LogP contribution < -0.4 is 10.6 Å². The summed E-state index contributed by atoms with van der Waals surface area (Å²) < 4.78 is 0. The van der Waals surface area contributed by atoms with Crippen molar-refractivity contribution >= 4 is 5.91 Å². The van der Waals surface area contributed by atoms with E-state index in [0.29, 0.717) is 0 Å². The number of hydrogen-bond acceptors (Lipinski definition) is 3. The van der Waals surface area contributed by atoms with Gasteiger partial charge in [0.1, 0.15) is 0 Å². The maximum atomic E-state index is 11.6. The van der Waals surface area contributed by atoms with E-state index in [-0.39, 0.29) is 23.4 Å². The molecule has 0 aromatic carbocycles. The van der Waals surface area contributed by atoms with Gasteiger partial charge in [-0.15, -0.1) is 0 Å². The molecule has 18 heavy (non-hydrogen) atoms. The van der Waals surface area contributed by atoms with E-state index in [9.17, 15) is 4.79 Å². The average Bonchev–Trinajstić information content (AvgIpc) is 2.27. The number of nitrogens with zero attached hydrogens (tertiary/aromatic N) is 1. The smallest absolute Gasteiger partial charge is 0.237 e. The zero-order valence-corrected chi connectivity index (χ0v) is 12.3. The highest BCUT2D eigenvalue weighted by Gasteiger charge is 2.16. The van der Waals surface area contributed by atoms with Crippen molar-refractivity contribution in [2.24, 2.45) is 5.41 Å². The minimum Gasteiger partial charge on any atom is -0.353 e. The lowest BCUT2D eigenvalue weighted by Crippen LogP contribution is -2.44. The zero-order valence-electron chi connectivity index (χ0n) is 12.3. The Morgan fingerprint density at radius 3 is 2.39 bits per heavy atom. The van der Waals surface area contributed by atoms with Gasteiger partial charge in [0.05, 0.1) is 17.5 Å². The van der Waals surface area contributed by atoms with Gasteiger partial charge in [0.25, 0.3) is 0 Å². The molecule has 0 aliphatic carbocycles. The maximum absolute atomic E-state index is 11.6. The Morgan fingerprint density at radius 1 is 1.28 bits per heavy atom. The van der Waals surface area contributed by atoms with Gasteiger partial charge in [-0.2, -0.15) is 5.26 Å².